The zero-order chi connectivity index (χ0) is 16.7. The Kier molecular flexibility index (Phi) is 5.86. The highest BCUT2D eigenvalue weighted by atomic mass is 19.1. The monoisotopic (exact) mass is 314 g/mol. The van der Waals surface area contributed by atoms with Crippen LogP contribution in [0.2, 0.25) is 0 Å². The minimum absolute atomic E-state index is 0.0198. The topological polar surface area (TPSA) is 61.7 Å². The molecule has 2 aromatic rings. The Labute approximate surface area is 134 Å². The molecule has 120 valence electrons. The summed E-state index contributed by atoms with van der Waals surface area (Å²) < 4.78 is 13.0. The normalized spacial score (nSPS) is 11.3. The van der Waals surface area contributed by atoms with E-state index < -0.39 is 5.91 Å². The van der Waals surface area contributed by atoms with Crippen molar-refractivity contribution in [1.82, 2.24) is 5.43 Å². The molecule has 0 unspecified atom stereocenters. The zero-order valence-electron chi connectivity index (χ0n) is 12.9. The number of hydrogen-bond acceptors (Lipinski definition) is 3. The second kappa shape index (κ2) is 8.08. The zero-order valence-corrected chi connectivity index (χ0v) is 12.9. The van der Waals surface area contributed by atoms with Crippen molar-refractivity contribution in [2.45, 2.75) is 26.2 Å². The van der Waals surface area contributed by atoms with Gasteiger partial charge in [0, 0.05) is 5.56 Å². The van der Waals surface area contributed by atoms with Gasteiger partial charge in [-0.2, -0.15) is 5.10 Å². The Hall–Kier alpha value is -2.69. The number of nitrogens with zero attached hydrogens (tertiary/aromatic N) is 1. The van der Waals surface area contributed by atoms with E-state index in [2.05, 4.69) is 17.5 Å². The summed E-state index contributed by atoms with van der Waals surface area (Å²) in [5.74, 6) is -0.698. The summed E-state index contributed by atoms with van der Waals surface area (Å²) in [7, 11) is 0. The Morgan fingerprint density at radius 3 is 2.57 bits per heavy atom. The molecule has 23 heavy (non-hydrogen) atoms. The van der Waals surface area contributed by atoms with E-state index in [4.69, 9.17) is 0 Å². The van der Waals surface area contributed by atoms with Crippen LogP contribution in [0.5, 0.6) is 5.75 Å². The number of aromatic hydroxyl groups is 1. The van der Waals surface area contributed by atoms with E-state index in [1.54, 1.807) is 24.3 Å². The molecule has 0 radical (unpaired) electrons. The van der Waals surface area contributed by atoms with Crippen LogP contribution in [-0.2, 0) is 0 Å². The maximum absolute atomic E-state index is 13.0. The molecule has 0 saturated heterocycles. The van der Waals surface area contributed by atoms with Crippen molar-refractivity contribution in [3.05, 3.63) is 65.5 Å². The molecule has 2 aromatic carbocycles. The Morgan fingerprint density at radius 1 is 1.17 bits per heavy atom. The molecule has 2 rings (SSSR count). The van der Waals surface area contributed by atoms with Crippen molar-refractivity contribution in [2.75, 3.05) is 0 Å². The molecule has 0 bridgehead atoms. The number of benzene rings is 2. The van der Waals surface area contributed by atoms with E-state index in [0.29, 0.717) is 17.7 Å². The number of rotatable bonds is 6. The van der Waals surface area contributed by atoms with Crippen LogP contribution in [0.1, 0.15) is 42.1 Å². The van der Waals surface area contributed by atoms with Gasteiger partial charge in [0.2, 0.25) is 0 Å². The lowest BCUT2D eigenvalue weighted by Crippen LogP contribution is -2.20. The van der Waals surface area contributed by atoms with Gasteiger partial charge in [-0.1, -0.05) is 31.5 Å². The van der Waals surface area contributed by atoms with Gasteiger partial charge in [-0.05, 0) is 48.7 Å². The third-order valence-corrected chi connectivity index (χ3v) is 3.35. The molecule has 0 spiro atoms. The van der Waals surface area contributed by atoms with Crippen LogP contribution in [0.15, 0.2) is 53.6 Å². The first-order chi connectivity index (χ1) is 11.1. The number of hydrogen-bond donors (Lipinski definition) is 2. The number of halogens is 1. The lowest BCUT2D eigenvalue weighted by Gasteiger charge is -2.07. The molecule has 1 amide bonds. The van der Waals surface area contributed by atoms with E-state index in [-0.39, 0.29) is 11.6 Å². The smallest absolute Gasteiger partial charge is 0.271 e. The standard InChI is InChI=1S/C18H19FN2O2/c1-2-3-7-17(13-8-10-15(19)11-9-13)20-21-18(23)14-5-4-6-16(22)12-14/h4-6,8-12,22H,2-3,7H2,1H3,(H,21,23)/b20-17-. The van der Waals surface area contributed by atoms with Crippen LogP contribution in [0.3, 0.4) is 0 Å². The van der Waals surface area contributed by atoms with Gasteiger partial charge in [0.15, 0.2) is 0 Å². The first-order valence-corrected chi connectivity index (χ1v) is 7.52. The first kappa shape index (κ1) is 16.7. The van der Waals surface area contributed by atoms with Crippen molar-refractivity contribution < 1.29 is 14.3 Å². The molecule has 0 atom stereocenters. The largest absolute Gasteiger partial charge is 0.508 e. The van der Waals surface area contributed by atoms with Gasteiger partial charge in [-0.15, -0.1) is 0 Å². The lowest BCUT2D eigenvalue weighted by molar-refractivity contribution is 0.0954. The Balaban J connectivity index is 2.16. The molecule has 0 saturated carbocycles. The summed E-state index contributed by atoms with van der Waals surface area (Å²) in [6.45, 7) is 2.06. The van der Waals surface area contributed by atoms with E-state index in [9.17, 15) is 14.3 Å². The van der Waals surface area contributed by atoms with Gasteiger partial charge < -0.3 is 5.11 Å². The molecular weight excluding hydrogens is 295 g/mol. The van der Waals surface area contributed by atoms with Gasteiger partial charge in [0.25, 0.3) is 5.91 Å². The SMILES string of the molecule is CCCC/C(=N/NC(=O)c1cccc(O)c1)c1ccc(F)cc1. The highest BCUT2D eigenvalue weighted by Gasteiger charge is 2.08. The van der Waals surface area contributed by atoms with E-state index >= 15 is 0 Å². The maximum atomic E-state index is 13.0. The van der Waals surface area contributed by atoms with Gasteiger partial charge in [-0.3, -0.25) is 4.79 Å². The maximum Gasteiger partial charge on any atom is 0.271 e. The highest BCUT2D eigenvalue weighted by Crippen LogP contribution is 2.12. The minimum Gasteiger partial charge on any atom is -0.508 e. The van der Waals surface area contributed by atoms with E-state index in [1.165, 1.54) is 24.3 Å². The van der Waals surface area contributed by atoms with Gasteiger partial charge in [0.1, 0.15) is 11.6 Å². The number of unbranched alkanes of at least 4 members (excludes halogenated alkanes) is 1. The Bertz CT molecular complexity index is 696. The number of phenolic OH excluding ortho intramolecular Hbond substituents is 1. The number of hydrazone groups is 1. The van der Waals surface area contributed by atoms with Gasteiger partial charge in [0.05, 0.1) is 5.71 Å². The molecule has 0 aliphatic carbocycles. The van der Waals surface area contributed by atoms with Gasteiger partial charge >= 0.3 is 0 Å². The van der Waals surface area contributed by atoms with E-state index in [0.717, 1.165) is 18.4 Å². The van der Waals surface area contributed by atoms with Crippen molar-refractivity contribution in [2.24, 2.45) is 5.10 Å². The summed E-state index contributed by atoms with van der Waals surface area (Å²) in [4.78, 5) is 12.1. The molecule has 5 heteroatoms. The van der Waals surface area contributed by atoms with Crippen LogP contribution in [0.25, 0.3) is 0 Å². The van der Waals surface area contributed by atoms with Crippen LogP contribution >= 0.6 is 0 Å². The minimum atomic E-state index is -0.406. The van der Waals surface area contributed by atoms with Crippen molar-refractivity contribution in [3.8, 4) is 5.75 Å². The van der Waals surface area contributed by atoms with Gasteiger partial charge in [-0.25, -0.2) is 9.82 Å². The summed E-state index contributed by atoms with van der Waals surface area (Å²) in [5.41, 5.74) is 4.28. The van der Waals surface area contributed by atoms with Crippen LogP contribution in [0, 0.1) is 5.82 Å². The Morgan fingerprint density at radius 2 is 1.91 bits per heavy atom. The molecule has 0 aliphatic rings. The predicted octanol–water partition coefficient (Wildman–Crippen LogP) is 3.86. The van der Waals surface area contributed by atoms with Crippen molar-refractivity contribution in [3.63, 3.8) is 0 Å². The lowest BCUT2D eigenvalue weighted by atomic mass is 10.0. The summed E-state index contributed by atoms with van der Waals surface area (Å²) >= 11 is 0. The van der Waals surface area contributed by atoms with Crippen molar-refractivity contribution in [1.29, 1.82) is 0 Å². The number of nitrogens with one attached hydrogen (secondary N) is 1. The summed E-state index contributed by atoms with van der Waals surface area (Å²) in [6.07, 6.45) is 2.58. The molecule has 0 aliphatic heterocycles. The molecule has 0 aromatic heterocycles. The number of phenols is 1. The highest BCUT2D eigenvalue weighted by molar-refractivity contribution is 6.02. The second-order valence-electron chi connectivity index (χ2n) is 5.16. The number of amides is 1. The number of carbonyl (C=O) groups excluding carboxylic acids is 1. The van der Waals surface area contributed by atoms with Crippen LogP contribution < -0.4 is 5.43 Å². The fourth-order valence-corrected chi connectivity index (χ4v) is 2.08. The summed E-state index contributed by atoms with van der Waals surface area (Å²) in [5, 5.41) is 13.6. The second-order valence-corrected chi connectivity index (χ2v) is 5.16. The van der Waals surface area contributed by atoms with Crippen molar-refractivity contribution >= 4 is 11.6 Å². The molecular formula is C18H19FN2O2. The molecule has 4 nitrogen and oxygen atoms in total. The van der Waals surface area contributed by atoms with Crippen LogP contribution in [0.4, 0.5) is 4.39 Å². The quantitative estimate of drug-likeness (QED) is 0.628. The fraction of sp³-hybridized carbons (Fsp3) is 0.222. The molecule has 2 N–H and O–H groups in total. The predicted molar refractivity (Wildman–Crippen MR) is 88.0 cm³/mol. The molecule has 0 fully saturated rings. The fourth-order valence-electron chi connectivity index (χ4n) is 2.08. The average Bonchev–Trinajstić information content (AvgIpc) is 2.56. The average molecular weight is 314 g/mol. The first-order valence-electron chi connectivity index (χ1n) is 7.52. The number of carbonyl (C=O) groups is 1. The third-order valence-electron chi connectivity index (χ3n) is 3.35. The third kappa shape index (κ3) is 4.92. The van der Waals surface area contributed by atoms with E-state index in [1.807, 2.05) is 0 Å². The molecule has 0 heterocycles. The summed E-state index contributed by atoms with van der Waals surface area (Å²) in [6, 6.07) is 12.1. The van der Waals surface area contributed by atoms with Crippen LogP contribution in [-0.4, -0.2) is 16.7 Å².